The van der Waals surface area contributed by atoms with Crippen molar-refractivity contribution in [2.75, 3.05) is 13.1 Å². The van der Waals surface area contributed by atoms with Gasteiger partial charge < -0.3 is 11.1 Å². The van der Waals surface area contributed by atoms with E-state index in [9.17, 15) is 13.2 Å². The highest BCUT2D eigenvalue weighted by Crippen LogP contribution is 2.41. The van der Waals surface area contributed by atoms with E-state index in [0.717, 1.165) is 25.3 Å². The summed E-state index contributed by atoms with van der Waals surface area (Å²) in [5, 5.41) is 3.35. The van der Waals surface area contributed by atoms with Crippen LogP contribution in [0.15, 0.2) is 0 Å². The Morgan fingerprint density at radius 1 is 1.21 bits per heavy atom. The SMILES string of the molecule is NCC1(NCCCC2CC2)CCCC(C(F)(F)F)C1. The maximum atomic E-state index is 12.9. The maximum absolute atomic E-state index is 12.9. The normalized spacial score (nSPS) is 32.5. The number of nitrogens with one attached hydrogen (secondary N) is 1. The molecule has 5 heteroatoms. The Kier molecular flexibility index (Phi) is 4.77. The second-order valence-corrected chi connectivity index (χ2v) is 6.33. The first-order valence-electron chi connectivity index (χ1n) is 7.47. The van der Waals surface area contributed by atoms with Crippen molar-refractivity contribution in [1.29, 1.82) is 0 Å². The van der Waals surface area contributed by atoms with Crippen LogP contribution in [0.3, 0.4) is 0 Å². The van der Waals surface area contributed by atoms with Crippen LogP contribution in [-0.4, -0.2) is 24.8 Å². The minimum Gasteiger partial charge on any atom is -0.329 e. The van der Waals surface area contributed by atoms with E-state index in [2.05, 4.69) is 5.32 Å². The minimum atomic E-state index is -4.07. The van der Waals surface area contributed by atoms with Gasteiger partial charge in [-0.15, -0.1) is 0 Å². The fourth-order valence-corrected chi connectivity index (χ4v) is 3.21. The molecule has 0 saturated heterocycles. The molecule has 0 bridgehead atoms. The number of halogens is 3. The van der Waals surface area contributed by atoms with Gasteiger partial charge in [-0.25, -0.2) is 0 Å². The summed E-state index contributed by atoms with van der Waals surface area (Å²) in [6.07, 6.45) is 2.66. The van der Waals surface area contributed by atoms with Crippen molar-refractivity contribution in [1.82, 2.24) is 5.32 Å². The van der Waals surface area contributed by atoms with Crippen LogP contribution in [0, 0.1) is 11.8 Å². The molecule has 3 N–H and O–H groups in total. The minimum absolute atomic E-state index is 0.149. The van der Waals surface area contributed by atoms with E-state index in [0.29, 0.717) is 13.0 Å². The summed E-state index contributed by atoms with van der Waals surface area (Å²) in [5.41, 5.74) is 5.28. The topological polar surface area (TPSA) is 38.0 Å². The van der Waals surface area contributed by atoms with E-state index in [-0.39, 0.29) is 12.8 Å². The molecule has 0 spiro atoms. The van der Waals surface area contributed by atoms with Gasteiger partial charge in [-0.2, -0.15) is 13.2 Å². The van der Waals surface area contributed by atoms with Crippen LogP contribution < -0.4 is 11.1 Å². The average Bonchev–Trinajstić information content (AvgIpc) is 3.18. The van der Waals surface area contributed by atoms with Gasteiger partial charge in [0, 0.05) is 12.1 Å². The lowest BCUT2D eigenvalue weighted by molar-refractivity contribution is -0.188. The van der Waals surface area contributed by atoms with Crippen molar-refractivity contribution in [3.63, 3.8) is 0 Å². The molecule has 0 aromatic carbocycles. The van der Waals surface area contributed by atoms with Gasteiger partial charge in [-0.05, 0) is 44.6 Å². The predicted molar refractivity (Wildman–Crippen MR) is 69.8 cm³/mol. The molecule has 0 aromatic heterocycles. The molecule has 2 saturated carbocycles. The lowest BCUT2D eigenvalue weighted by atomic mass is 9.75. The number of hydrogen-bond acceptors (Lipinski definition) is 2. The average molecular weight is 278 g/mol. The maximum Gasteiger partial charge on any atom is 0.391 e. The van der Waals surface area contributed by atoms with E-state index in [1.807, 2.05) is 0 Å². The van der Waals surface area contributed by atoms with Crippen LogP contribution >= 0.6 is 0 Å². The number of hydrogen-bond donors (Lipinski definition) is 2. The summed E-state index contributed by atoms with van der Waals surface area (Å²) < 4.78 is 38.6. The lowest BCUT2D eigenvalue weighted by Gasteiger charge is -2.41. The Balaban J connectivity index is 1.81. The molecule has 0 aliphatic heterocycles. The van der Waals surface area contributed by atoms with Gasteiger partial charge in [-0.1, -0.05) is 19.3 Å². The van der Waals surface area contributed by atoms with Crippen molar-refractivity contribution in [2.45, 2.75) is 63.1 Å². The van der Waals surface area contributed by atoms with E-state index >= 15 is 0 Å². The van der Waals surface area contributed by atoms with Crippen LogP contribution in [0.25, 0.3) is 0 Å². The molecule has 2 aliphatic carbocycles. The highest BCUT2D eigenvalue weighted by molar-refractivity contribution is 4.96. The predicted octanol–water partition coefficient (Wildman–Crippen LogP) is 3.22. The molecule has 112 valence electrons. The Hall–Kier alpha value is -0.290. The van der Waals surface area contributed by atoms with Gasteiger partial charge >= 0.3 is 6.18 Å². The molecule has 2 atom stereocenters. The van der Waals surface area contributed by atoms with Crippen LogP contribution in [-0.2, 0) is 0 Å². The van der Waals surface area contributed by atoms with Gasteiger partial charge in [0.25, 0.3) is 0 Å². The zero-order chi connectivity index (χ0) is 13.9. The summed E-state index contributed by atoms with van der Waals surface area (Å²) in [6.45, 7) is 1.11. The molecule has 0 aromatic rings. The molecule has 19 heavy (non-hydrogen) atoms. The summed E-state index contributed by atoms with van der Waals surface area (Å²) in [6, 6.07) is 0. The summed E-state index contributed by atoms with van der Waals surface area (Å²) >= 11 is 0. The van der Waals surface area contributed by atoms with Crippen LogP contribution in [0.5, 0.6) is 0 Å². The third-order valence-electron chi connectivity index (χ3n) is 4.68. The van der Waals surface area contributed by atoms with Gasteiger partial charge in [-0.3, -0.25) is 0 Å². The van der Waals surface area contributed by atoms with Gasteiger partial charge in [0.1, 0.15) is 0 Å². The molecule has 2 unspecified atom stereocenters. The molecule has 0 heterocycles. The molecular formula is C14H25F3N2. The molecule has 0 radical (unpaired) electrons. The largest absolute Gasteiger partial charge is 0.391 e. The zero-order valence-electron chi connectivity index (χ0n) is 11.4. The number of rotatable bonds is 6. The smallest absolute Gasteiger partial charge is 0.329 e. The van der Waals surface area contributed by atoms with E-state index < -0.39 is 17.6 Å². The van der Waals surface area contributed by atoms with E-state index in [4.69, 9.17) is 5.73 Å². The van der Waals surface area contributed by atoms with Gasteiger partial charge in [0.05, 0.1) is 5.92 Å². The molecule has 2 fully saturated rings. The standard InChI is InChI=1S/C14H25F3N2/c15-14(16,17)12-4-1-7-13(9-12,10-18)19-8-2-3-11-5-6-11/h11-12,19H,1-10,18H2. The second-order valence-electron chi connectivity index (χ2n) is 6.33. The van der Waals surface area contributed by atoms with Crippen molar-refractivity contribution in [3.05, 3.63) is 0 Å². The van der Waals surface area contributed by atoms with Crippen molar-refractivity contribution >= 4 is 0 Å². The number of nitrogens with two attached hydrogens (primary N) is 1. The van der Waals surface area contributed by atoms with Gasteiger partial charge in [0.2, 0.25) is 0 Å². The summed E-state index contributed by atoms with van der Waals surface area (Å²) in [4.78, 5) is 0. The van der Waals surface area contributed by atoms with Gasteiger partial charge in [0.15, 0.2) is 0 Å². The lowest BCUT2D eigenvalue weighted by Crippen LogP contribution is -2.55. The highest BCUT2D eigenvalue weighted by Gasteiger charge is 2.46. The number of alkyl halides is 3. The second kappa shape index (κ2) is 6.00. The molecule has 2 rings (SSSR count). The summed E-state index contributed by atoms with van der Waals surface area (Å²) in [5.74, 6) is -0.300. The van der Waals surface area contributed by atoms with Crippen molar-refractivity contribution < 1.29 is 13.2 Å². The monoisotopic (exact) mass is 278 g/mol. The van der Waals surface area contributed by atoms with Crippen molar-refractivity contribution in [2.24, 2.45) is 17.6 Å². The zero-order valence-corrected chi connectivity index (χ0v) is 11.4. The van der Waals surface area contributed by atoms with E-state index in [1.54, 1.807) is 0 Å². The van der Waals surface area contributed by atoms with Crippen LogP contribution in [0.4, 0.5) is 13.2 Å². The Bertz CT molecular complexity index is 289. The Morgan fingerprint density at radius 3 is 2.53 bits per heavy atom. The highest BCUT2D eigenvalue weighted by atomic mass is 19.4. The Labute approximate surface area is 113 Å². The van der Waals surface area contributed by atoms with Crippen LogP contribution in [0.1, 0.15) is 51.4 Å². The third kappa shape index (κ3) is 4.35. The first-order valence-corrected chi connectivity index (χ1v) is 7.47. The van der Waals surface area contributed by atoms with E-state index in [1.165, 1.54) is 19.3 Å². The van der Waals surface area contributed by atoms with Crippen LogP contribution in [0.2, 0.25) is 0 Å². The third-order valence-corrected chi connectivity index (χ3v) is 4.68. The first-order chi connectivity index (χ1) is 8.95. The molecule has 0 amide bonds. The quantitative estimate of drug-likeness (QED) is 0.732. The van der Waals surface area contributed by atoms with Crippen molar-refractivity contribution in [3.8, 4) is 0 Å². The first kappa shape index (κ1) is 15.1. The molecular weight excluding hydrogens is 253 g/mol. The summed E-state index contributed by atoms with van der Waals surface area (Å²) in [7, 11) is 0. The molecule has 2 aliphatic rings. The fourth-order valence-electron chi connectivity index (χ4n) is 3.21. The fraction of sp³-hybridized carbons (Fsp3) is 1.00. The molecule has 2 nitrogen and oxygen atoms in total. The Morgan fingerprint density at radius 2 is 1.95 bits per heavy atom.